The molecule has 2 N–H and O–H groups in total. The maximum absolute atomic E-state index is 11.6. The third-order valence-corrected chi connectivity index (χ3v) is 6.24. The van der Waals surface area contributed by atoms with Gasteiger partial charge in [0.1, 0.15) is 0 Å². The SMILES string of the molecule is CC(C)(CC/C=C\C[C@@H]1[C@H](COCc2ccccc2)[C@@H]2CC[C@H]1O2)C(=O)NO. The lowest BCUT2D eigenvalue weighted by Crippen LogP contribution is -2.34. The molecule has 1 aromatic rings. The lowest BCUT2D eigenvalue weighted by atomic mass is 9.78. The van der Waals surface area contributed by atoms with Crippen LogP contribution < -0.4 is 5.48 Å². The van der Waals surface area contributed by atoms with Crippen LogP contribution in [-0.4, -0.2) is 29.9 Å². The fourth-order valence-electron chi connectivity index (χ4n) is 4.40. The van der Waals surface area contributed by atoms with Crippen LogP contribution in [-0.2, 0) is 20.9 Å². The summed E-state index contributed by atoms with van der Waals surface area (Å²) >= 11 is 0. The van der Waals surface area contributed by atoms with Gasteiger partial charge in [-0.15, -0.1) is 0 Å². The molecule has 4 atom stereocenters. The zero-order chi connectivity index (χ0) is 20.0. The standard InChI is InChI=1S/C23H33NO4/c1-23(2,22(25)24-26)14-8-4-7-11-18-19(21-13-12-20(18)28-21)16-27-15-17-9-5-3-6-10-17/h3-7,9-10,18-21,26H,8,11-16H2,1-2H3,(H,24,25)/b7-4-/t18-,19+,20-,21+/m1/s1. The topological polar surface area (TPSA) is 67.8 Å². The number of benzene rings is 1. The smallest absolute Gasteiger partial charge is 0.248 e. The second-order valence-electron chi connectivity index (χ2n) is 8.69. The zero-order valence-corrected chi connectivity index (χ0v) is 17.0. The predicted octanol–water partition coefficient (Wildman–Crippen LogP) is 4.25. The first-order valence-corrected chi connectivity index (χ1v) is 10.4. The van der Waals surface area contributed by atoms with Crippen LogP contribution in [0.15, 0.2) is 42.5 Å². The molecule has 1 amide bonds. The Bertz CT molecular complexity index is 658. The van der Waals surface area contributed by atoms with Gasteiger partial charge in [0.05, 0.1) is 25.4 Å². The normalized spacial score (nSPS) is 26.8. The Morgan fingerprint density at radius 3 is 2.64 bits per heavy atom. The Balaban J connectivity index is 1.44. The average Bonchev–Trinajstić information content (AvgIpc) is 3.30. The van der Waals surface area contributed by atoms with Crippen LogP contribution >= 0.6 is 0 Å². The summed E-state index contributed by atoms with van der Waals surface area (Å²) in [6.45, 7) is 5.09. The zero-order valence-electron chi connectivity index (χ0n) is 17.0. The third kappa shape index (κ3) is 5.22. The predicted molar refractivity (Wildman–Crippen MR) is 108 cm³/mol. The van der Waals surface area contributed by atoms with E-state index in [1.165, 1.54) is 5.56 Å². The van der Waals surface area contributed by atoms with Crippen molar-refractivity contribution in [1.82, 2.24) is 5.48 Å². The Morgan fingerprint density at radius 2 is 1.93 bits per heavy atom. The molecule has 0 saturated carbocycles. The van der Waals surface area contributed by atoms with Crippen molar-refractivity contribution in [2.24, 2.45) is 17.3 Å². The number of hydroxylamine groups is 1. The molecule has 0 radical (unpaired) electrons. The lowest BCUT2D eigenvalue weighted by molar-refractivity contribution is -0.138. The van der Waals surface area contributed by atoms with Crippen LogP contribution in [0.5, 0.6) is 0 Å². The van der Waals surface area contributed by atoms with Gasteiger partial charge in [0, 0.05) is 11.3 Å². The van der Waals surface area contributed by atoms with Gasteiger partial charge in [-0.25, -0.2) is 5.48 Å². The molecule has 154 valence electrons. The molecule has 2 heterocycles. The number of hydrogen-bond acceptors (Lipinski definition) is 4. The Kier molecular flexibility index (Phi) is 7.27. The highest BCUT2D eigenvalue weighted by Crippen LogP contribution is 2.45. The number of allylic oxidation sites excluding steroid dienone is 2. The van der Waals surface area contributed by atoms with Crippen LogP contribution in [0.25, 0.3) is 0 Å². The van der Waals surface area contributed by atoms with Crippen molar-refractivity contribution in [2.45, 2.75) is 64.8 Å². The quantitative estimate of drug-likeness (QED) is 0.358. The van der Waals surface area contributed by atoms with Crippen molar-refractivity contribution in [1.29, 1.82) is 0 Å². The summed E-state index contributed by atoms with van der Waals surface area (Å²) in [6.07, 6.45) is 9.89. The van der Waals surface area contributed by atoms with Crippen LogP contribution in [0.1, 0.15) is 51.5 Å². The lowest BCUT2D eigenvalue weighted by Gasteiger charge is -2.27. The molecule has 5 nitrogen and oxygen atoms in total. The third-order valence-electron chi connectivity index (χ3n) is 6.24. The molecule has 0 aromatic heterocycles. The van der Waals surface area contributed by atoms with Crippen molar-refractivity contribution >= 4 is 5.91 Å². The molecule has 2 saturated heterocycles. The van der Waals surface area contributed by atoms with E-state index in [2.05, 4.69) is 24.3 Å². The molecular formula is C23H33NO4. The van der Waals surface area contributed by atoms with E-state index in [1.807, 2.05) is 32.0 Å². The first-order valence-electron chi connectivity index (χ1n) is 10.4. The van der Waals surface area contributed by atoms with Crippen molar-refractivity contribution in [3.63, 3.8) is 0 Å². The van der Waals surface area contributed by atoms with Crippen LogP contribution in [0.4, 0.5) is 0 Å². The number of carbonyl (C=O) groups excluding carboxylic acids is 1. The van der Waals surface area contributed by atoms with Gasteiger partial charge in [-0.1, -0.05) is 56.3 Å². The fourth-order valence-corrected chi connectivity index (χ4v) is 4.40. The molecule has 2 aliphatic heterocycles. The van der Waals surface area contributed by atoms with Crippen molar-refractivity contribution < 1.29 is 19.5 Å². The van der Waals surface area contributed by atoms with Gasteiger partial charge in [0.2, 0.25) is 5.91 Å². The highest BCUT2D eigenvalue weighted by atomic mass is 16.5. The van der Waals surface area contributed by atoms with E-state index in [-0.39, 0.29) is 5.91 Å². The minimum Gasteiger partial charge on any atom is -0.376 e. The number of carbonyl (C=O) groups is 1. The van der Waals surface area contributed by atoms with E-state index in [0.717, 1.165) is 32.3 Å². The highest BCUT2D eigenvalue weighted by molar-refractivity contribution is 5.80. The number of rotatable bonds is 10. The van der Waals surface area contributed by atoms with Gasteiger partial charge in [-0.3, -0.25) is 10.0 Å². The molecular weight excluding hydrogens is 354 g/mol. The summed E-state index contributed by atoms with van der Waals surface area (Å²) in [5, 5.41) is 8.81. The Morgan fingerprint density at radius 1 is 1.21 bits per heavy atom. The number of fused-ring (bicyclic) bond motifs is 2. The van der Waals surface area contributed by atoms with E-state index in [0.29, 0.717) is 37.1 Å². The van der Waals surface area contributed by atoms with E-state index in [9.17, 15) is 4.79 Å². The van der Waals surface area contributed by atoms with Crippen molar-refractivity contribution in [3.05, 3.63) is 48.0 Å². The Labute approximate surface area is 168 Å². The van der Waals surface area contributed by atoms with Gasteiger partial charge in [-0.05, 0) is 43.6 Å². The van der Waals surface area contributed by atoms with Gasteiger partial charge < -0.3 is 9.47 Å². The average molecular weight is 388 g/mol. The van der Waals surface area contributed by atoms with E-state index < -0.39 is 5.41 Å². The molecule has 2 fully saturated rings. The molecule has 2 bridgehead atoms. The first kappa shape index (κ1) is 21.0. The minimum atomic E-state index is -0.567. The maximum Gasteiger partial charge on any atom is 0.248 e. The first-order chi connectivity index (χ1) is 13.5. The molecule has 28 heavy (non-hydrogen) atoms. The van der Waals surface area contributed by atoms with Crippen molar-refractivity contribution in [3.8, 4) is 0 Å². The Hall–Kier alpha value is -1.69. The van der Waals surface area contributed by atoms with E-state index in [4.69, 9.17) is 14.7 Å². The number of amides is 1. The molecule has 5 heteroatoms. The second-order valence-corrected chi connectivity index (χ2v) is 8.69. The summed E-state index contributed by atoms with van der Waals surface area (Å²) in [7, 11) is 0. The molecule has 0 unspecified atom stereocenters. The maximum atomic E-state index is 11.6. The van der Waals surface area contributed by atoms with Gasteiger partial charge >= 0.3 is 0 Å². The van der Waals surface area contributed by atoms with Gasteiger partial charge in [0.25, 0.3) is 0 Å². The summed E-state index contributed by atoms with van der Waals surface area (Å²) in [5.41, 5.74) is 2.39. The minimum absolute atomic E-state index is 0.335. The summed E-state index contributed by atoms with van der Waals surface area (Å²) in [4.78, 5) is 11.6. The van der Waals surface area contributed by atoms with E-state index >= 15 is 0 Å². The molecule has 3 rings (SSSR count). The van der Waals surface area contributed by atoms with Gasteiger partial charge in [-0.2, -0.15) is 0 Å². The molecule has 0 spiro atoms. The number of hydrogen-bond donors (Lipinski definition) is 2. The fraction of sp³-hybridized carbons (Fsp3) is 0.609. The van der Waals surface area contributed by atoms with E-state index in [1.54, 1.807) is 5.48 Å². The van der Waals surface area contributed by atoms with Gasteiger partial charge in [0.15, 0.2) is 0 Å². The van der Waals surface area contributed by atoms with Crippen LogP contribution in [0.2, 0.25) is 0 Å². The van der Waals surface area contributed by atoms with Crippen molar-refractivity contribution in [2.75, 3.05) is 6.61 Å². The van der Waals surface area contributed by atoms with Crippen LogP contribution in [0.3, 0.4) is 0 Å². The largest absolute Gasteiger partial charge is 0.376 e. The van der Waals surface area contributed by atoms with Crippen LogP contribution in [0, 0.1) is 17.3 Å². The number of nitrogens with one attached hydrogen (secondary N) is 1. The molecule has 2 aliphatic rings. The second kappa shape index (κ2) is 9.68. The summed E-state index contributed by atoms with van der Waals surface area (Å²) in [5.74, 6) is 0.640. The summed E-state index contributed by atoms with van der Waals surface area (Å²) in [6, 6.07) is 10.3. The molecule has 1 aromatic carbocycles. The number of ether oxygens (including phenoxy) is 2. The summed E-state index contributed by atoms with van der Waals surface area (Å²) < 4.78 is 12.2. The monoisotopic (exact) mass is 387 g/mol. The highest BCUT2D eigenvalue weighted by Gasteiger charge is 2.48. The molecule has 0 aliphatic carbocycles.